The van der Waals surface area contributed by atoms with Crippen molar-refractivity contribution in [2.75, 3.05) is 26.2 Å². The number of carbonyl (C=O) groups excluding carboxylic acids is 1. The Labute approximate surface area is 120 Å². The van der Waals surface area contributed by atoms with Gasteiger partial charge in [0.1, 0.15) is 0 Å². The highest BCUT2D eigenvalue weighted by atomic mass is 16.3. The highest BCUT2D eigenvalue weighted by Gasteiger charge is 2.31. The predicted octanol–water partition coefficient (Wildman–Crippen LogP) is 0.946. The number of rotatable bonds is 2. The zero-order valence-electron chi connectivity index (χ0n) is 12.0. The summed E-state index contributed by atoms with van der Waals surface area (Å²) in [6.07, 6.45) is 8.76. The molecule has 2 fully saturated rings. The van der Waals surface area contributed by atoms with Gasteiger partial charge in [0.05, 0.1) is 6.10 Å². The summed E-state index contributed by atoms with van der Waals surface area (Å²) in [4.78, 5) is 16.7. The average Bonchev–Trinajstić information content (AvgIpc) is 3.11. The van der Waals surface area contributed by atoms with Crippen LogP contribution in [0, 0.1) is 0 Å². The van der Waals surface area contributed by atoms with Gasteiger partial charge in [0.2, 0.25) is 0 Å². The van der Waals surface area contributed by atoms with Gasteiger partial charge in [-0.1, -0.05) is 12.2 Å². The Morgan fingerprint density at radius 3 is 2.50 bits per heavy atom. The summed E-state index contributed by atoms with van der Waals surface area (Å²) in [6.45, 7) is 3.77. The Morgan fingerprint density at radius 2 is 1.80 bits per heavy atom. The highest BCUT2D eigenvalue weighted by molar-refractivity contribution is 5.74. The first kappa shape index (κ1) is 13.9. The van der Waals surface area contributed by atoms with Gasteiger partial charge in [-0.25, -0.2) is 4.79 Å². The lowest BCUT2D eigenvalue weighted by atomic mass is 9.93. The van der Waals surface area contributed by atoms with Crippen LogP contribution in [-0.4, -0.2) is 65.3 Å². The molecular formula is C15H25N3O2. The summed E-state index contributed by atoms with van der Waals surface area (Å²) in [5.41, 5.74) is 0. The number of hydrogen-bond acceptors (Lipinski definition) is 3. The van der Waals surface area contributed by atoms with Crippen LogP contribution in [0.4, 0.5) is 4.79 Å². The minimum absolute atomic E-state index is 0.0843. The molecule has 3 aliphatic rings. The van der Waals surface area contributed by atoms with Gasteiger partial charge in [0, 0.05) is 38.3 Å². The molecule has 20 heavy (non-hydrogen) atoms. The Kier molecular flexibility index (Phi) is 4.27. The van der Waals surface area contributed by atoms with Crippen molar-refractivity contribution in [2.45, 2.75) is 50.3 Å². The first-order chi connectivity index (χ1) is 9.72. The Morgan fingerprint density at radius 1 is 1.10 bits per heavy atom. The summed E-state index contributed by atoms with van der Waals surface area (Å²) < 4.78 is 0. The normalized spacial score (nSPS) is 34.6. The van der Waals surface area contributed by atoms with E-state index in [1.54, 1.807) is 0 Å². The minimum Gasteiger partial charge on any atom is -0.393 e. The van der Waals surface area contributed by atoms with Crippen molar-refractivity contribution in [2.24, 2.45) is 0 Å². The maximum absolute atomic E-state index is 12.3. The lowest BCUT2D eigenvalue weighted by Crippen LogP contribution is -2.46. The second kappa shape index (κ2) is 6.14. The molecule has 3 rings (SSSR count). The summed E-state index contributed by atoms with van der Waals surface area (Å²) in [6, 6.07) is 0.850. The molecule has 2 N–H and O–H groups in total. The third kappa shape index (κ3) is 3.15. The second-order valence-electron chi connectivity index (χ2n) is 6.27. The molecule has 5 nitrogen and oxygen atoms in total. The molecule has 2 amide bonds. The number of carbonyl (C=O) groups is 1. The molecule has 0 bridgehead atoms. The fraction of sp³-hybridized carbons (Fsp3) is 0.800. The van der Waals surface area contributed by atoms with Crippen LogP contribution in [0.15, 0.2) is 12.2 Å². The number of aliphatic hydroxyl groups is 1. The second-order valence-corrected chi connectivity index (χ2v) is 6.27. The third-order valence-corrected chi connectivity index (χ3v) is 4.84. The molecule has 0 spiro atoms. The van der Waals surface area contributed by atoms with Crippen molar-refractivity contribution in [1.82, 2.24) is 15.1 Å². The first-order valence-electron chi connectivity index (χ1n) is 7.85. The molecule has 1 unspecified atom stereocenters. The van der Waals surface area contributed by atoms with E-state index >= 15 is 0 Å². The van der Waals surface area contributed by atoms with Crippen LogP contribution in [-0.2, 0) is 0 Å². The summed E-state index contributed by atoms with van der Waals surface area (Å²) >= 11 is 0. The van der Waals surface area contributed by atoms with E-state index in [9.17, 15) is 9.90 Å². The number of likely N-dealkylation sites (tertiary alicyclic amines) is 1. The van der Waals surface area contributed by atoms with Gasteiger partial charge in [-0.15, -0.1) is 0 Å². The lowest BCUT2D eigenvalue weighted by molar-refractivity contribution is 0.115. The van der Waals surface area contributed by atoms with E-state index in [2.05, 4.69) is 22.4 Å². The van der Waals surface area contributed by atoms with Gasteiger partial charge in [-0.3, -0.25) is 4.90 Å². The summed E-state index contributed by atoms with van der Waals surface area (Å²) in [5, 5.41) is 12.6. The fourth-order valence-corrected chi connectivity index (χ4v) is 3.50. The fourth-order valence-electron chi connectivity index (χ4n) is 3.50. The third-order valence-electron chi connectivity index (χ3n) is 4.84. The molecule has 0 aromatic heterocycles. The molecule has 0 radical (unpaired) electrons. The molecule has 0 aromatic rings. The van der Waals surface area contributed by atoms with E-state index in [1.807, 2.05) is 4.90 Å². The number of amides is 2. The van der Waals surface area contributed by atoms with Crippen LogP contribution in [0.1, 0.15) is 32.1 Å². The maximum Gasteiger partial charge on any atom is 0.317 e. The molecule has 1 saturated carbocycles. The quantitative estimate of drug-likeness (QED) is 0.740. The smallest absolute Gasteiger partial charge is 0.317 e. The van der Waals surface area contributed by atoms with Crippen molar-refractivity contribution in [1.29, 1.82) is 0 Å². The molecule has 2 heterocycles. The topological polar surface area (TPSA) is 55.8 Å². The molecule has 1 saturated heterocycles. The van der Waals surface area contributed by atoms with Crippen molar-refractivity contribution in [3.63, 3.8) is 0 Å². The van der Waals surface area contributed by atoms with Crippen LogP contribution >= 0.6 is 0 Å². The standard InChI is InChI=1S/C15H25N3O2/c19-14-5-3-12(4-6-14)16-15(20)18-10-7-13(11-18)17-8-1-2-9-17/h1-2,12-14,19H,3-11H2,(H,16,20). The van der Waals surface area contributed by atoms with Gasteiger partial charge in [0.25, 0.3) is 0 Å². The van der Waals surface area contributed by atoms with E-state index < -0.39 is 0 Å². The monoisotopic (exact) mass is 279 g/mol. The highest BCUT2D eigenvalue weighted by Crippen LogP contribution is 2.20. The lowest BCUT2D eigenvalue weighted by Gasteiger charge is -2.29. The first-order valence-corrected chi connectivity index (χ1v) is 7.85. The molecule has 2 aliphatic heterocycles. The van der Waals surface area contributed by atoms with Gasteiger partial charge in [-0.2, -0.15) is 0 Å². The number of nitrogens with zero attached hydrogens (tertiary/aromatic N) is 2. The minimum atomic E-state index is -0.165. The van der Waals surface area contributed by atoms with E-state index in [-0.39, 0.29) is 18.2 Å². The van der Waals surface area contributed by atoms with Crippen molar-refractivity contribution in [3.05, 3.63) is 12.2 Å². The number of hydrogen-bond donors (Lipinski definition) is 2. The van der Waals surface area contributed by atoms with Crippen LogP contribution < -0.4 is 5.32 Å². The Bertz CT molecular complexity index is 369. The van der Waals surface area contributed by atoms with Crippen LogP contribution in [0.25, 0.3) is 0 Å². The van der Waals surface area contributed by atoms with Crippen LogP contribution in [0.3, 0.4) is 0 Å². The zero-order valence-corrected chi connectivity index (χ0v) is 12.0. The Balaban J connectivity index is 1.44. The van der Waals surface area contributed by atoms with Crippen LogP contribution in [0.5, 0.6) is 0 Å². The van der Waals surface area contributed by atoms with Crippen molar-refractivity contribution in [3.8, 4) is 0 Å². The maximum atomic E-state index is 12.3. The zero-order chi connectivity index (χ0) is 13.9. The number of nitrogens with one attached hydrogen (secondary N) is 1. The van der Waals surface area contributed by atoms with Gasteiger partial charge in [0.15, 0.2) is 0 Å². The molecular weight excluding hydrogens is 254 g/mol. The van der Waals surface area contributed by atoms with Gasteiger partial charge < -0.3 is 15.3 Å². The molecule has 5 heteroatoms. The van der Waals surface area contributed by atoms with E-state index in [4.69, 9.17) is 0 Å². The van der Waals surface area contributed by atoms with E-state index in [0.29, 0.717) is 6.04 Å². The Hall–Kier alpha value is -1.07. The summed E-state index contributed by atoms with van der Waals surface area (Å²) in [7, 11) is 0. The van der Waals surface area contributed by atoms with Gasteiger partial charge >= 0.3 is 6.03 Å². The molecule has 1 aliphatic carbocycles. The summed E-state index contributed by atoms with van der Waals surface area (Å²) in [5.74, 6) is 0. The van der Waals surface area contributed by atoms with E-state index in [1.165, 1.54) is 0 Å². The van der Waals surface area contributed by atoms with Crippen molar-refractivity contribution < 1.29 is 9.90 Å². The van der Waals surface area contributed by atoms with E-state index in [0.717, 1.165) is 58.3 Å². The van der Waals surface area contributed by atoms with Gasteiger partial charge in [-0.05, 0) is 32.1 Å². The number of urea groups is 1. The largest absolute Gasteiger partial charge is 0.393 e. The predicted molar refractivity (Wildman–Crippen MR) is 77.5 cm³/mol. The SMILES string of the molecule is O=C(NC1CCC(O)CC1)N1CCC(N2CC=CC2)C1. The molecule has 0 aromatic carbocycles. The van der Waals surface area contributed by atoms with Crippen molar-refractivity contribution >= 4 is 6.03 Å². The number of aliphatic hydroxyl groups excluding tert-OH is 1. The molecule has 112 valence electrons. The molecule has 1 atom stereocenters. The average molecular weight is 279 g/mol. The van der Waals surface area contributed by atoms with Crippen LogP contribution in [0.2, 0.25) is 0 Å².